The van der Waals surface area contributed by atoms with Crippen LogP contribution in [0.2, 0.25) is 0 Å². The lowest BCUT2D eigenvalue weighted by Crippen LogP contribution is -2.36. The largest absolute Gasteiger partial charge is 0.467 e. The molecule has 0 radical (unpaired) electrons. The molecule has 5 rings (SSSR count). The van der Waals surface area contributed by atoms with Crippen molar-refractivity contribution in [2.24, 2.45) is 0 Å². The number of hydrogen-bond acceptors (Lipinski definition) is 8. The number of ketones is 1. The summed E-state index contributed by atoms with van der Waals surface area (Å²) in [6.07, 6.45) is 3.03. The zero-order chi connectivity index (χ0) is 23.1. The Bertz CT molecular complexity index is 1550. The number of carbonyl (C=O) groups excluding carboxylic acids is 1. The van der Waals surface area contributed by atoms with E-state index in [1.54, 1.807) is 36.4 Å². The third kappa shape index (κ3) is 3.91. The summed E-state index contributed by atoms with van der Waals surface area (Å²) >= 11 is 1.02. The van der Waals surface area contributed by atoms with Crippen LogP contribution in [0.1, 0.15) is 35.0 Å². The average molecular weight is 465 g/mol. The standard InChI is InChI=1S/C22H19N5O5S/c23-18-17(19(29)25-21(31)27(18)12-7-8-12)16(28)11-33-22-24-15-6-2-1-5-14(15)20(30)26(22)10-13-4-3-9-32-13/h1-6,9,12H,7-8,10-11,23H2,(H,25,29,31). The maximum Gasteiger partial charge on any atom is 0.330 e. The zero-order valence-electron chi connectivity index (χ0n) is 17.3. The maximum atomic E-state index is 13.1. The number of carbonyl (C=O) groups is 1. The number of nitrogens with one attached hydrogen (secondary N) is 1. The summed E-state index contributed by atoms with van der Waals surface area (Å²) in [5.74, 6) is -0.324. The molecular weight excluding hydrogens is 446 g/mol. The highest BCUT2D eigenvalue weighted by atomic mass is 32.2. The number of Topliss-reactive ketones (excluding diaryl/α,β-unsaturated/α-hetero) is 1. The van der Waals surface area contributed by atoms with Gasteiger partial charge in [0.05, 0.1) is 29.5 Å². The predicted molar refractivity (Wildman–Crippen MR) is 123 cm³/mol. The lowest BCUT2D eigenvalue weighted by Gasteiger charge is -2.13. The Morgan fingerprint density at radius 1 is 1.18 bits per heavy atom. The van der Waals surface area contributed by atoms with Crippen LogP contribution < -0.4 is 22.5 Å². The van der Waals surface area contributed by atoms with Gasteiger partial charge in [0.15, 0.2) is 10.9 Å². The first kappa shape index (κ1) is 21.0. The van der Waals surface area contributed by atoms with E-state index in [9.17, 15) is 19.2 Å². The highest BCUT2D eigenvalue weighted by Crippen LogP contribution is 2.35. The molecule has 11 heteroatoms. The van der Waals surface area contributed by atoms with Crippen LogP contribution in [0.4, 0.5) is 5.82 Å². The Morgan fingerprint density at radius 3 is 2.70 bits per heavy atom. The van der Waals surface area contributed by atoms with Crippen LogP contribution in [0.5, 0.6) is 0 Å². The molecule has 0 aliphatic heterocycles. The molecule has 3 heterocycles. The summed E-state index contributed by atoms with van der Waals surface area (Å²) in [4.78, 5) is 57.3. The number of H-pyrrole nitrogens is 1. The Hall–Kier alpha value is -3.86. The van der Waals surface area contributed by atoms with Gasteiger partial charge >= 0.3 is 5.69 Å². The van der Waals surface area contributed by atoms with Crippen LogP contribution in [-0.2, 0) is 6.54 Å². The summed E-state index contributed by atoms with van der Waals surface area (Å²) < 4.78 is 8.07. The summed E-state index contributed by atoms with van der Waals surface area (Å²) in [7, 11) is 0. The molecule has 0 amide bonds. The number of furan rings is 1. The summed E-state index contributed by atoms with van der Waals surface area (Å²) in [5, 5.41) is 0.742. The first-order chi connectivity index (χ1) is 15.9. The molecule has 4 aromatic rings. The van der Waals surface area contributed by atoms with Crippen molar-refractivity contribution < 1.29 is 9.21 Å². The van der Waals surface area contributed by atoms with Crippen LogP contribution in [0.3, 0.4) is 0 Å². The molecule has 0 bridgehead atoms. The van der Waals surface area contributed by atoms with Crippen LogP contribution in [0, 0.1) is 0 Å². The molecule has 0 unspecified atom stereocenters. The van der Waals surface area contributed by atoms with Crippen molar-refractivity contribution in [1.29, 1.82) is 0 Å². The van der Waals surface area contributed by atoms with Crippen molar-refractivity contribution in [2.75, 3.05) is 11.5 Å². The molecule has 1 fully saturated rings. The van der Waals surface area contributed by atoms with Crippen LogP contribution in [-0.4, -0.2) is 30.6 Å². The summed E-state index contributed by atoms with van der Waals surface area (Å²) in [6.45, 7) is 0.134. The van der Waals surface area contributed by atoms with Gasteiger partial charge in [-0.1, -0.05) is 23.9 Å². The van der Waals surface area contributed by atoms with Gasteiger partial charge in [-0.3, -0.25) is 28.5 Å². The van der Waals surface area contributed by atoms with E-state index in [1.165, 1.54) is 15.4 Å². The highest BCUT2D eigenvalue weighted by molar-refractivity contribution is 7.99. The quantitative estimate of drug-likeness (QED) is 0.239. The number of thioether (sulfide) groups is 1. The minimum absolute atomic E-state index is 0.103. The Balaban J connectivity index is 1.50. The average Bonchev–Trinajstić information content (AvgIpc) is 3.48. The van der Waals surface area contributed by atoms with Gasteiger partial charge in [0, 0.05) is 6.04 Å². The van der Waals surface area contributed by atoms with Crippen LogP contribution >= 0.6 is 11.8 Å². The van der Waals surface area contributed by atoms with E-state index in [0.29, 0.717) is 21.8 Å². The number of hydrogen-bond donors (Lipinski definition) is 2. The predicted octanol–water partition coefficient (Wildman–Crippen LogP) is 1.78. The van der Waals surface area contributed by atoms with Crippen molar-refractivity contribution in [3.63, 3.8) is 0 Å². The number of nitrogens with two attached hydrogens (primary N) is 1. The molecule has 0 saturated heterocycles. The van der Waals surface area contributed by atoms with Crippen molar-refractivity contribution in [2.45, 2.75) is 30.6 Å². The Kier molecular flexibility index (Phi) is 5.25. The fourth-order valence-corrected chi connectivity index (χ4v) is 4.56. The van der Waals surface area contributed by atoms with Gasteiger partial charge in [0.1, 0.15) is 17.1 Å². The number of rotatable bonds is 7. The minimum Gasteiger partial charge on any atom is -0.467 e. The molecule has 168 valence electrons. The lowest BCUT2D eigenvalue weighted by atomic mass is 10.2. The van der Waals surface area contributed by atoms with Crippen LogP contribution in [0.15, 0.2) is 66.6 Å². The molecular formula is C22H19N5O5S. The lowest BCUT2D eigenvalue weighted by molar-refractivity contribution is 0.102. The van der Waals surface area contributed by atoms with Gasteiger partial charge in [-0.2, -0.15) is 0 Å². The van der Waals surface area contributed by atoms with Gasteiger partial charge in [0.25, 0.3) is 11.1 Å². The minimum atomic E-state index is -0.820. The van der Waals surface area contributed by atoms with Crippen LogP contribution in [0.25, 0.3) is 10.9 Å². The van der Waals surface area contributed by atoms with E-state index in [-0.39, 0.29) is 35.3 Å². The van der Waals surface area contributed by atoms with E-state index in [2.05, 4.69) is 9.97 Å². The van der Waals surface area contributed by atoms with Gasteiger partial charge < -0.3 is 10.2 Å². The summed E-state index contributed by atoms with van der Waals surface area (Å²) in [6, 6.07) is 10.3. The molecule has 33 heavy (non-hydrogen) atoms. The fourth-order valence-electron chi connectivity index (χ4n) is 3.69. The summed E-state index contributed by atoms with van der Waals surface area (Å²) in [5.41, 5.74) is 4.57. The topological polar surface area (TPSA) is 146 Å². The molecule has 3 aromatic heterocycles. The number of aromatic nitrogens is 4. The molecule has 1 aliphatic rings. The second kappa shape index (κ2) is 8.24. The number of anilines is 1. The Morgan fingerprint density at radius 2 is 1.97 bits per heavy atom. The third-order valence-electron chi connectivity index (χ3n) is 5.43. The molecule has 1 aliphatic carbocycles. The van der Waals surface area contributed by atoms with E-state index >= 15 is 0 Å². The molecule has 1 aromatic carbocycles. The molecule has 0 atom stereocenters. The number of aromatic amines is 1. The smallest absolute Gasteiger partial charge is 0.330 e. The molecule has 0 spiro atoms. The number of nitrogens with zero attached hydrogens (tertiary/aromatic N) is 3. The first-order valence-electron chi connectivity index (χ1n) is 10.3. The van der Waals surface area contributed by atoms with Gasteiger partial charge in [-0.25, -0.2) is 9.78 Å². The number of nitrogen functional groups attached to an aromatic ring is 1. The Labute approximate surface area is 190 Å². The van der Waals surface area contributed by atoms with Gasteiger partial charge in [0.2, 0.25) is 0 Å². The molecule has 1 saturated carbocycles. The molecule has 3 N–H and O–H groups in total. The normalized spacial score (nSPS) is 13.5. The fraction of sp³-hybridized carbons (Fsp3) is 0.227. The van der Waals surface area contributed by atoms with E-state index < -0.39 is 17.0 Å². The number of fused-ring (bicyclic) bond motifs is 1. The van der Waals surface area contributed by atoms with Crippen molar-refractivity contribution >= 4 is 34.3 Å². The van der Waals surface area contributed by atoms with E-state index in [4.69, 9.17) is 10.2 Å². The zero-order valence-corrected chi connectivity index (χ0v) is 18.1. The monoisotopic (exact) mass is 465 g/mol. The first-order valence-corrected chi connectivity index (χ1v) is 11.2. The second-order valence-corrected chi connectivity index (χ2v) is 8.66. The second-order valence-electron chi connectivity index (χ2n) is 7.71. The number of para-hydroxylation sites is 1. The van der Waals surface area contributed by atoms with Gasteiger partial charge in [-0.05, 0) is 37.1 Å². The van der Waals surface area contributed by atoms with E-state index in [1.807, 2.05) is 0 Å². The van der Waals surface area contributed by atoms with Crippen molar-refractivity contribution in [3.05, 3.63) is 85.2 Å². The van der Waals surface area contributed by atoms with Crippen molar-refractivity contribution in [1.82, 2.24) is 19.1 Å². The van der Waals surface area contributed by atoms with Crippen molar-refractivity contribution in [3.8, 4) is 0 Å². The third-order valence-corrected chi connectivity index (χ3v) is 6.40. The highest BCUT2D eigenvalue weighted by Gasteiger charge is 2.30. The number of benzene rings is 1. The maximum absolute atomic E-state index is 13.1. The van der Waals surface area contributed by atoms with E-state index in [0.717, 1.165) is 24.6 Å². The molecule has 10 nitrogen and oxygen atoms in total. The van der Waals surface area contributed by atoms with Gasteiger partial charge in [-0.15, -0.1) is 0 Å². The SMILES string of the molecule is Nc1c(C(=O)CSc2nc3ccccc3c(=O)n2Cc2ccco2)c(=O)[nH]c(=O)n1C1CC1.